The number of alkyl carbamates (subject to hydrolysis) is 1. The van der Waals surface area contributed by atoms with Crippen LogP contribution in [-0.4, -0.2) is 29.9 Å². The molecule has 6 nitrogen and oxygen atoms in total. The van der Waals surface area contributed by atoms with Crippen LogP contribution in [0, 0.1) is 0 Å². The quantitative estimate of drug-likeness (QED) is 0.892. The highest BCUT2D eigenvalue weighted by atomic mass is 35.5. The molecule has 0 fully saturated rings. The zero-order chi connectivity index (χ0) is 16.2. The van der Waals surface area contributed by atoms with Crippen LogP contribution in [0.1, 0.15) is 32.4 Å². The van der Waals surface area contributed by atoms with E-state index in [2.05, 4.69) is 5.32 Å². The van der Waals surface area contributed by atoms with Crippen molar-refractivity contribution in [2.75, 3.05) is 7.11 Å². The normalized spacial score (nSPS) is 12.4. The molecule has 1 atom stereocenters. The number of carbonyl (C=O) groups excluding carboxylic acids is 1. The van der Waals surface area contributed by atoms with Gasteiger partial charge in [-0.15, -0.1) is 0 Å². The number of amides is 1. The minimum atomic E-state index is -1.30. The molecule has 1 unspecified atom stereocenters. The molecule has 0 aliphatic heterocycles. The van der Waals surface area contributed by atoms with Crippen molar-refractivity contribution < 1.29 is 24.2 Å². The van der Waals surface area contributed by atoms with Crippen molar-refractivity contribution >= 4 is 23.7 Å². The van der Waals surface area contributed by atoms with Crippen molar-refractivity contribution in [3.05, 3.63) is 28.8 Å². The second-order valence-electron chi connectivity index (χ2n) is 5.30. The average molecular weight is 316 g/mol. The Labute approximate surface area is 128 Å². The Kier molecular flexibility index (Phi) is 5.43. The number of aliphatic carboxylic acids is 1. The first-order valence-electron chi connectivity index (χ1n) is 6.20. The van der Waals surface area contributed by atoms with Crippen LogP contribution in [0.4, 0.5) is 4.79 Å². The first kappa shape index (κ1) is 17.1. The zero-order valence-corrected chi connectivity index (χ0v) is 13.0. The van der Waals surface area contributed by atoms with Gasteiger partial charge in [-0.2, -0.15) is 0 Å². The molecule has 0 saturated carbocycles. The maximum atomic E-state index is 11.7. The van der Waals surface area contributed by atoms with E-state index < -0.39 is 23.7 Å². The summed E-state index contributed by atoms with van der Waals surface area (Å²) in [6.45, 7) is 5.06. The van der Waals surface area contributed by atoms with E-state index in [-0.39, 0.29) is 11.3 Å². The molecular formula is C14H18ClNO5. The molecule has 116 valence electrons. The molecule has 7 heteroatoms. The highest BCUT2D eigenvalue weighted by Gasteiger charge is 2.27. The van der Waals surface area contributed by atoms with Crippen molar-refractivity contribution in [1.29, 1.82) is 0 Å². The maximum absolute atomic E-state index is 11.7. The fourth-order valence-corrected chi connectivity index (χ4v) is 1.78. The van der Waals surface area contributed by atoms with Gasteiger partial charge < -0.3 is 19.9 Å². The minimum absolute atomic E-state index is 0.269. The summed E-state index contributed by atoms with van der Waals surface area (Å²) >= 11 is 5.83. The molecule has 21 heavy (non-hydrogen) atoms. The third kappa shape index (κ3) is 5.15. The summed E-state index contributed by atoms with van der Waals surface area (Å²) in [6, 6.07) is 3.18. The molecule has 1 amide bonds. The lowest BCUT2D eigenvalue weighted by Gasteiger charge is -2.23. The lowest BCUT2D eigenvalue weighted by molar-refractivity contribution is -0.139. The zero-order valence-electron chi connectivity index (χ0n) is 12.3. The summed E-state index contributed by atoms with van der Waals surface area (Å²) in [6.07, 6.45) is -0.827. The SMILES string of the molecule is COc1cc(Cl)ccc1C(NC(=O)OC(C)(C)C)C(=O)O. The molecule has 1 rings (SSSR count). The lowest BCUT2D eigenvalue weighted by atomic mass is 10.1. The van der Waals surface area contributed by atoms with Crippen molar-refractivity contribution in [3.8, 4) is 5.75 Å². The minimum Gasteiger partial charge on any atom is -0.496 e. The first-order chi connectivity index (χ1) is 9.64. The molecular weight excluding hydrogens is 298 g/mol. The summed E-state index contributed by atoms with van der Waals surface area (Å²) in [7, 11) is 1.39. The van der Waals surface area contributed by atoms with Crippen molar-refractivity contribution in [2.45, 2.75) is 32.4 Å². The van der Waals surface area contributed by atoms with Gasteiger partial charge in [0, 0.05) is 10.6 Å². The van der Waals surface area contributed by atoms with Gasteiger partial charge >= 0.3 is 12.1 Å². The third-order valence-corrected chi connectivity index (χ3v) is 2.65. The van der Waals surface area contributed by atoms with Gasteiger partial charge in [-0.25, -0.2) is 9.59 Å². The van der Waals surface area contributed by atoms with Gasteiger partial charge in [-0.1, -0.05) is 17.7 Å². The van der Waals surface area contributed by atoms with Crippen LogP contribution in [0.15, 0.2) is 18.2 Å². The maximum Gasteiger partial charge on any atom is 0.408 e. The summed E-state index contributed by atoms with van der Waals surface area (Å²) in [5.41, 5.74) is -0.447. The second-order valence-corrected chi connectivity index (χ2v) is 5.74. The van der Waals surface area contributed by atoms with E-state index in [9.17, 15) is 14.7 Å². The van der Waals surface area contributed by atoms with Gasteiger partial charge in [-0.3, -0.25) is 0 Å². The third-order valence-electron chi connectivity index (χ3n) is 2.41. The van der Waals surface area contributed by atoms with E-state index in [1.54, 1.807) is 20.8 Å². The number of carboxylic acids is 1. The Balaban J connectivity index is 3.03. The van der Waals surface area contributed by atoms with Crippen LogP contribution in [-0.2, 0) is 9.53 Å². The van der Waals surface area contributed by atoms with E-state index in [0.29, 0.717) is 5.02 Å². The molecule has 2 N–H and O–H groups in total. The van der Waals surface area contributed by atoms with Crippen LogP contribution in [0.5, 0.6) is 5.75 Å². The fourth-order valence-electron chi connectivity index (χ4n) is 1.62. The monoisotopic (exact) mass is 315 g/mol. The van der Waals surface area contributed by atoms with Gasteiger partial charge in [0.2, 0.25) is 0 Å². The Morgan fingerprint density at radius 2 is 1.95 bits per heavy atom. The predicted octanol–water partition coefficient (Wildman–Crippen LogP) is 3.00. The van der Waals surface area contributed by atoms with Crippen LogP contribution >= 0.6 is 11.6 Å². The lowest BCUT2D eigenvalue weighted by Crippen LogP contribution is -2.38. The average Bonchev–Trinajstić information content (AvgIpc) is 2.33. The van der Waals surface area contributed by atoms with Gasteiger partial charge in [0.25, 0.3) is 0 Å². The summed E-state index contributed by atoms with van der Waals surface area (Å²) in [4.78, 5) is 23.1. The van der Waals surface area contributed by atoms with Crippen molar-refractivity contribution in [2.24, 2.45) is 0 Å². The molecule has 0 radical (unpaired) electrons. The number of nitrogens with one attached hydrogen (secondary N) is 1. The molecule has 0 bridgehead atoms. The molecule has 0 aliphatic rings. The molecule has 1 aromatic carbocycles. The van der Waals surface area contributed by atoms with E-state index in [4.69, 9.17) is 21.1 Å². The van der Waals surface area contributed by atoms with Gasteiger partial charge in [0.05, 0.1) is 7.11 Å². The van der Waals surface area contributed by atoms with Crippen LogP contribution in [0.25, 0.3) is 0 Å². The van der Waals surface area contributed by atoms with E-state index in [1.807, 2.05) is 0 Å². The standard InChI is InChI=1S/C14H18ClNO5/c1-14(2,3)21-13(19)16-11(12(17)18)9-6-5-8(15)7-10(9)20-4/h5-7,11H,1-4H3,(H,16,19)(H,17,18). The van der Waals surface area contributed by atoms with E-state index >= 15 is 0 Å². The Bertz CT molecular complexity index is 539. The van der Waals surface area contributed by atoms with Crippen LogP contribution in [0.3, 0.4) is 0 Å². The number of carboxylic acid groups (broad SMARTS) is 1. The van der Waals surface area contributed by atoms with E-state index in [0.717, 1.165) is 0 Å². The number of hydrogen-bond acceptors (Lipinski definition) is 4. The molecule has 0 spiro atoms. The Morgan fingerprint density at radius 3 is 2.43 bits per heavy atom. The molecule has 0 saturated heterocycles. The fraction of sp³-hybridized carbons (Fsp3) is 0.429. The second kappa shape index (κ2) is 6.67. The number of ether oxygens (including phenoxy) is 2. The van der Waals surface area contributed by atoms with Crippen LogP contribution < -0.4 is 10.1 Å². The van der Waals surface area contributed by atoms with Crippen molar-refractivity contribution in [1.82, 2.24) is 5.32 Å². The number of methoxy groups -OCH3 is 1. The number of rotatable bonds is 4. The summed E-state index contributed by atoms with van der Waals surface area (Å²) in [5, 5.41) is 12.0. The van der Waals surface area contributed by atoms with Crippen molar-refractivity contribution in [3.63, 3.8) is 0 Å². The molecule has 0 heterocycles. The summed E-state index contributed by atoms with van der Waals surface area (Å²) < 4.78 is 10.2. The smallest absolute Gasteiger partial charge is 0.408 e. The Hall–Kier alpha value is -1.95. The highest BCUT2D eigenvalue weighted by molar-refractivity contribution is 6.30. The number of halogens is 1. The first-order valence-corrected chi connectivity index (χ1v) is 6.57. The molecule has 0 aromatic heterocycles. The van der Waals surface area contributed by atoms with E-state index in [1.165, 1.54) is 25.3 Å². The predicted molar refractivity (Wildman–Crippen MR) is 77.8 cm³/mol. The Morgan fingerprint density at radius 1 is 1.33 bits per heavy atom. The molecule has 1 aromatic rings. The number of carbonyl (C=O) groups is 2. The van der Waals surface area contributed by atoms with Gasteiger partial charge in [-0.05, 0) is 32.9 Å². The number of benzene rings is 1. The largest absolute Gasteiger partial charge is 0.496 e. The van der Waals surface area contributed by atoms with Crippen LogP contribution in [0.2, 0.25) is 5.02 Å². The van der Waals surface area contributed by atoms with Gasteiger partial charge in [0.15, 0.2) is 6.04 Å². The number of hydrogen-bond donors (Lipinski definition) is 2. The highest BCUT2D eigenvalue weighted by Crippen LogP contribution is 2.29. The molecule has 0 aliphatic carbocycles. The topological polar surface area (TPSA) is 84.9 Å². The summed E-state index contributed by atoms with van der Waals surface area (Å²) in [5.74, 6) is -0.965. The van der Waals surface area contributed by atoms with Gasteiger partial charge in [0.1, 0.15) is 11.4 Å².